The molecular weight excluding hydrogens is 1100 g/mol. The summed E-state index contributed by atoms with van der Waals surface area (Å²) in [4.78, 5) is 0. The number of benzene rings is 3. The molecule has 0 amide bonds. The van der Waals surface area contributed by atoms with Gasteiger partial charge in [-0.1, -0.05) is 233 Å². The molecule has 0 saturated carbocycles. The highest BCUT2D eigenvalue weighted by molar-refractivity contribution is 14.1. The lowest BCUT2D eigenvalue weighted by Crippen LogP contribution is -2.29. The molecule has 2 aromatic heterocycles. The van der Waals surface area contributed by atoms with E-state index in [4.69, 9.17) is 9.26 Å². The lowest BCUT2D eigenvalue weighted by atomic mass is 9.68. The van der Waals surface area contributed by atoms with E-state index >= 15 is 8.78 Å². The van der Waals surface area contributed by atoms with Gasteiger partial charge in [-0.3, -0.25) is 0 Å². The monoisotopic (exact) mass is 1190 g/mol. The molecule has 5 aromatic rings. The molecule has 386 valence electrons. The predicted octanol–water partition coefficient (Wildman–Crippen LogP) is 20.9. The molecule has 6 nitrogen and oxygen atoms in total. The van der Waals surface area contributed by atoms with Crippen molar-refractivity contribution in [2.45, 2.75) is 270 Å². The Morgan fingerprint density at radius 3 is 0.871 bits per heavy atom. The van der Waals surface area contributed by atoms with Gasteiger partial charge in [0.05, 0.1) is 0 Å². The molecule has 0 bridgehead atoms. The molecule has 7 rings (SSSR count). The normalized spacial score (nSPS) is 14.3. The van der Waals surface area contributed by atoms with Gasteiger partial charge in [0.15, 0.2) is 0 Å². The van der Waals surface area contributed by atoms with Crippen molar-refractivity contribution >= 4 is 67.2 Å². The first kappa shape index (κ1) is 55.5. The van der Waals surface area contributed by atoms with Crippen LogP contribution in [0.25, 0.3) is 44.3 Å². The van der Waals surface area contributed by atoms with E-state index in [0.717, 1.165) is 121 Å². The van der Waals surface area contributed by atoms with Crippen molar-refractivity contribution in [2.75, 3.05) is 0 Å². The van der Waals surface area contributed by atoms with Gasteiger partial charge in [0.2, 0.25) is 0 Å². The average molecular weight is 1190 g/mol. The first-order valence-electron chi connectivity index (χ1n) is 28.8. The third-order valence-corrected chi connectivity index (χ3v) is 18.3. The van der Waals surface area contributed by atoms with Crippen LogP contribution in [0.1, 0.15) is 281 Å². The minimum atomic E-state index is -0.743. The van der Waals surface area contributed by atoms with Gasteiger partial charge in [-0.25, -0.2) is 18.0 Å². The number of unbranched alkanes of at least 4 members (excludes halogenated alkanes) is 28. The maximum absolute atomic E-state index is 19.5. The highest BCUT2D eigenvalue weighted by Gasteiger charge is 2.55. The minimum Gasteiger partial charge on any atom is -0.243 e. The Balaban J connectivity index is 1.38. The number of halogens is 4. The molecular formula is C60H86F2I2N4O2. The molecule has 0 N–H and O–H groups in total. The Kier molecular flexibility index (Phi) is 22.1. The number of hydrogen-bond acceptors (Lipinski definition) is 6. The second-order valence-corrected chi connectivity index (χ2v) is 24.0. The third-order valence-electron chi connectivity index (χ3n) is 16.7. The molecule has 0 unspecified atom stereocenters. The lowest BCUT2D eigenvalue weighted by Gasteiger charge is -2.35. The van der Waals surface area contributed by atoms with Crippen LogP contribution in [0.4, 0.5) is 8.78 Å². The van der Waals surface area contributed by atoms with Crippen molar-refractivity contribution in [3.05, 3.63) is 53.2 Å². The van der Waals surface area contributed by atoms with Gasteiger partial charge in [0.25, 0.3) is 0 Å². The third kappa shape index (κ3) is 12.3. The molecule has 0 aliphatic heterocycles. The number of aromatic nitrogens is 4. The fraction of sp³-hybridized carbons (Fsp3) is 0.700. The zero-order valence-corrected chi connectivity index (χ0v) is 48.0. The van der Waals surface area contributed by atoms with Gasteiger partial charge in [-0.15, -0.1) is 0 Å². The van der Waals surface area contributed by atoms with E-state index in [1.165, 1.54) is 128 Å². The molecule has 0 atom stereocenters. The summed E-state index contributed by atoms with van der Waals surface area (Å²) in [5.41, 5.74) is 6.18. The van der Waals surface area contributed by atoms with Crippen LogP contribution in [-0.4, -0.2) is 20.6 Å². The van der Waals surface area contributed by atoms with E-state index in [2.05, 4.69) is 106 Å². The summed E-state index contributed by atoms with van der Waals surface area (Å²) in [5.74, 6) is -0.552. The van der Waals surface area contributed by atoms with Crippen LogP contribution in [0.5, 0.6) is 0 Å². The molecule has 2 aliphatic rings. The zero-order valence-electron chi connectivity index (χ0n) is 43.7. The molecule has 0 saturated heterocycles. The summed E-state index contributed by atoms with van der Waals surface area (Å²) in [7, 11) is 0. The van der Waals surface area contributed by atoms with Crippen LogP contribution in [0.15, 0.2) is 21.4 Å². The first-order chi connectivity index (χ1) is 34.3. The molecule has 2 aliphatic carbocycles. The Hall–Kier alpha value is -2.22. The average Bonchev–Trinajstić information content (AvgIpc) is 4.16. The van der Waals surface area contributed by atoms with Crippen LogP contribution in [0.3, 0.4) is 0 Å². The van der Waals surface area contributed by atoms with Crippen molar-refractivity contribution in [2.24, 2.45) is 0 Å². The number of nitrogens with zero attached hydrogens (tertiary/aromatic N) is 4. The maximum atomic E-state index is 19.5. The number of rotatable bonds is 36. The van der Waals surface area contributed by atoms with Gasteiger partial charge in [-0.05, 0) is 115 Å². The van der Waals surface area contributed by atoms with Crippen molar-refractivity contribution in [3.63, 3.8) is 0 Å². The van der Waals surface area contributed by atoms with E-state index in [1.807, 2.05) is 0 Å². The predicted molar refractivity (Wildman–Crippen MR) is 304 cm³/mol. The summed E-state index contributed by atoms with van der Waals surface area (Å²) in [5, 5.41) is 17.9. The largest absolute Gasteiger partial charge is 0.243 e. The molecule has 2 heterocycles. The van der Waals surface area contributed by atoms with Gasteiger partial charge in [-0.2, -0.15) is 0 Å². The molecule has 0 spiro atoms. The SMILES string of the molecule is CCCCCCCCCCC1(CCCCCCCCCC)c2cc(I)c3nonc3c2-c2c(F)c3c(c(F)c21)-c1c(cc(I)c2nonc12)C3(CCCCCCCCCC)CCCCCCCCCC. The highest BCUT2D eigenvalue weighted by atomic mass is 127. The molecule has 3 aromatic carbocycles. The first-order valence-corrected chi connectivity index (χ1v) is 30.9. The van der Waals surface area contributed by atoms with Crippen molar-refractivity contribution in [1.29, 1.82) is 0 Å². The van der Waals surface area contributed by atoms with Crippen molar-refractivity contribution in [1.82, 2.24) is 20.6 Å². The van der Waals surface area contributed by atoms with Gasteiger partial charge in [0, 0.05) is 51.4 Å². The Morgan fingerprint density at radius 1 is 0.357 bits per heavy atom. The zero-order chi connectivity index (χ0) is 49.4. The van der Waals surface area contributed by atoms with Crippen LogP contribution in [-0.2, 0) is 10.8 Å². The van der Waals surface area contributed by atoms with Gasteiger partial charge in [0.1, 0.15) is 33.7 Å². The topological polar surface area (TPSA) is 77.8 Å². The van der Waals surface area contributed by atoms with E-state index in [1.54, 1.807) is 0 Å². The second kappa shape index (κ2) is 27.9. The smallest absolute Gasteiger partial charge is 0.149 e. The lowest BCUT2D eigenvalue weighted by molar-refractivity contribution is 0.315. The Bertz CT molecular complexity index is 2200. The quantitative estimate of drug-likeness (QED) is 0.0294. The van der Waals surface area contributed by atoms with Crippen molar-refractivity contribution in [3.8, 4) is 22.3 Å². The summed E-state index contributed by atoms with van der Waals surface area (Å²) in [6.45, 7) is 9.07. The molecule has 70 heavy (non-hydrogen) atoms. The van der Waals surface area contributed by atoms with Crippen LogP contribution >= 0.6 is 45.2 Å². The standard InChI is InChI=1S/C60H86F2I2N4O2/c1-5-9-13-17-21-25-29-33-37-59(38-34-30-26-22-18-14-10-6-2)43-41-45(63)55-57(67-69-65-55)47(43)49-51(59)53(61)50-48-44(42-46(64)56-58(48)68-70-66-56)60(52(50)54(49)62,39-35-31-27-23-19-15-11-7-3)40-36-32-28-24-20-16-12-8-4/h41-42H,5-40H2,1-4H3. The minimum absolute atomic E-state index is 0.276. The van der Waals surface area contributed by atoms with Crippen molar-refractivity contribution < 1.29 is 18.0 Å². The Morgan fingerprint density at radius 2 is 0.600 bits per heavy atom. The van der Waals surface area contributed by atoms with E-state index in [9.17, 15) is 0 Å². The molecule has 0 fully saturated rings. The summed E-state index contributed by atoms with van der Waals surface area (Å²) >= 11 is 4.70. The second-order valence-electron chi connectivity index (χ2n) is 21.7. The summed E-state index contributed by atoms with van der Waals surface area (Å²) in [6, 6.07) is 4.40. The van der Waals surface area contributed by atoms with Crippen LogP contribution in [0, 0.1) is 18.8 Å². The fourth-order valence-corrected chi connectivity index (χ4v) is 14.3. The fourth-order valence-electron chi connectivity index (χ4n) is 12.9. The van der Waals surface area contributed by atoms with Gasteiger partial charge >= 0.3 is 0 Å². The van der Waals surface area contributed by atoms with Crippen LogP contribution in [0.2, 0.25) is 0 Å². The summed E-state index contributed by atoms with van der Waals surface area (Å²) in [6.07, 6.45) is 40.8. The summed E-state index contributed by atoms with van der Waals surface area (Å²) < 4.78 is 51.8. The Labute approximate surface area is 447 Å². The highest BCUT2D eigenvalue weighted by Crippen LogP contribution is 2.65. The van der Waals surface area contributed by atoms with Gasteiger partial charge < -0.3 is 0 Å². The van der Waals surface area contributed by atoms with Crippen LogP contribution < -0.4 is 0 Å². The maximum Gasteiger partial charge on any atom is 0.149 e. The number of hydrogen-bond donors (Lipinski definition) is 0. The number of fused-ring (bicyclic) bond motifs is 10. The molecule has 10 heteroatoms. The molecule has 0 radical (unpaired) electrons. The van der Waals surface area contributed by atoms with E-state index in [-0.39, 0.29) is 11.6 Å². The van der Waals surface area contributed by atoms with E-state index in [0.29, 0.717) is 55.4 Å². The van der Waals surface area contributed by atoms with E-state index < -0.39 is 10.8 Å².